The van der Waals surface area contributed by atoms with Crippen molar-refractivity contribution in [1.82, 2.24) is 5.43 Å². The molecule has 1 rings (SSSR count). The summed E-state index contributed by atoms with van der Waals surface area (Å²) in [5.74, 6) is 5.56. The maximum absolute atomic E-state index is 10.9. The van der Waals surface area contributed by atoms with E-state index in [4.69, 9.17) is 22.2 Å². The van der Waals surface area contributed by atoms with Crippen molar-refractivity contribution in [2.75, 3.05) is 6.61 Å². The van der Waals surface area contributed by atoms with E-state index in [9.17, 15) is 4.79 Å². The second kappa shape index (κ2) is 7.24. The van der Waals surface area contributed by atoms with Gasteiger partial charge in [-0.25, -0.2) is 5.84 Å². The maximum Gasteiger partial charge on any atom is 0.233 e. The van der Waals surface area contributed by atoms with Crippen molar-refractivity contribution in [2.45, 2.75) is 33.1 Å². The Morgan fingerprint density at radius 1 is 1.39 bits per heavy atom. The van der Waals surface area contributed by atoms with E-state index in [2.05, 4.69) is 5.43 Å². The summed E-state index contributed by atoms with van der Waals surface area (Å²) in [6.07, 6.45) is 1.95. The molecule has 3 N–H and O–H groups in total. The topological polar surface area (TPSA) is 64.3 Å². The van der Waals surface area contributed by atoms with E-state index in [-0.39, 0.29) is 5.91 Å². The summed E-state index contributed by atoms with van der Waals surface area (Å²) in [6.45, 7) is 4.51. The van der Waals surface area contributed by atoms with Crippen LogP contribution in [0, 0.1) is 13.8 Å². The van der Waals surface area contributed by atoms with Gasteiger partial charge in [-0.2, -0.15) is 0 Å². The lowest BCUT2D eigenvalue weighted by atomic mass is 10.1. The van der Waals surface area contributed by atoms with Gasteiger partial charge in [0.1, 0.15) is 5.75 Å². The SMILES string of the molecule is Cc1cc(C)c(OCCCCC(=O)NN)c(Cl)c1. The third-order valence-corrected chi connectivity index (χ3v) is 2.86. The molecule has 0 saturated heterocycles. The zero-order valence-electron chi connectivity index (χ0n) is 10.8. The average molecular weight is 271 g/mol. The van der Waals surface area contributed by atoms with Gasteiger partial charge >= 0.3 is 0 Å². The van der Waals surface area contributed by atoms with Crippen LogP contribution in [0.4, 0.5) is 0 Å². The van der Waals surface area contributed by atoms with Gasteiger partial charge in [0.15, 0.2) is 0 Å². The van der Waals surface area contributed by atoms with Crippen LogP contribution in [0.25, 0.3) is 0 Å². The van der Waals surface area contributed by atoms with Gasteiger partial charge in [0.05, 0.1) is 11.6 Å². The van der Waals surface area contributed by atoms with Gasteiger partial charge in [-0.15, -0.1) is 0 Å². The summed E-state index contributed by atoms with van der Waals surface area (Å²) in [7, 11) is 0. The highest BCUT2D eigenvalue weighted by Gasteiger charge is 2.06. The molecular weight excluding hydrogens is 252 g/mol. The molecule has 0 saturated carbocycles. The Kier molecular flexibility index (Phi) is 5.95. The Morgan fingerprint density at radius 3 is 2.72 bits per heavy atom. The molecule has 0 bridgehead atoms. The Bertz CT molecular complexity index is 398. The zero-order chi connectivity index (χ0) is 13.5. The number of benzene rings is 1. The van der Waals surface area contributed by atoms with E-state index in [1.54, 1.807) is 0 Å². The molecule has 5 heteroatoms. The quantitative estimate of drug-likeness (QED) is 0.361. The second-order valence-corrected chi connectivity index (χ2v) is 4.67. The standard InChI is InChI=1S/C13H19ClN2O2/c1-9-7-10(2)13(11(14)8-9)18-6-4-3-5-12(17)16-15/h7-8H,3-6,15H2,1-2H3,(H,16,17). The molecule has 0 atom stereocenters. The fraction of sp³-hybridized carbons (Fsp3) is 0.462. The third-order valence-electron chi connectivity index (χ3n) is 2.58. The van der Waals surface area contributed by atoms with Crippen LogP contribution in [0.3, 0.4) is 0 Å². The number of hydrogen-bond acceptors (Lipinski definition) is 3. The van der Waals surface area contributed by atoms with Crippen molar-refractivity contribution in [2.24, 2.45) is 5.84 Å². The molecule has 0 heterocycles. The number of carbonyl (C=O) groups is 1. The number of unbranched alkanes of at least 4 members (excludes halogenated alkanes) is 1. The van der Waals surface area contributed by atoms with Gasteiger partial charge in [0.2, 0.25) is 5.91 Å². The van der Waals surface area contributed by atoms with Crippen molar-refractivity contribution in [3.05, 3.63) is 28.3 Å². The first kappa shape index (κ1) is 14.8. The third kappa shape index (κ3) is 4.55. The van der Waals surface area contributed by atoms with Gasteiger partial charge in [-0.05, 0) is 43.9 Å². The molecular formula is C13H19ClN2O2. The molecule has 18 heavy (non-hydrogen) atoms. The lowest BCUT2D eigenvalue weighted by Crippen LogP contribution is -2.29. The molecule has 1 aromatic carbocycles. The summed E-state index contributed by atoms with van der Waals surface area (Å²) in [6, 6.07) is 3.91. The Morgan fingerprint density at radius 2 is 2.11 bits per heavy atom. The van der Waals surface area contributed by atoms with E-state index >= 15 is 0 Å². The van der Waals surface area contributed by atoms with Crippen LogP contribution >= 0.6 is 11.6 Å². The summed E-state index contributed by atoms with van der Waals surface area (Å²) >= 11 is 6.11. The monoisotopic (exact) mass is 270 g/mol. The highest BCUT2D eigenvalue weighted by molar-refractivity contribution is 6.32. The molecule has 1 amide bonds. The van der Waals surface area contributed by atoms with Gasteiger partial charge in [-0.1, -0.05) is 17.7 Å². The van der Waals surface area contributed by atoms with Crippen LogP contribution in [0.15, 0.2) is 12.1 Å². The predicted octanol–water partition coefficient (Wildman–Crippen LogP) is 2.50. The molecule has 0 spiro atoms. The number of hydrogen-bond donors (Lipinski definition) is 2. The smallest absolute Gasteiger partial charge is 0.233 e. The number of carbonyl (C=O) groups excluding carboxylic acids is 1. The van der Waals surface area contributed by atoms with Crippen LogP contribution < -0.4 is 16.0 Å². The second-order valence-electron chi connectivity index (χ2n) is 4.27. The molecule has 0 fully saturated rings. The highest BCUT2D eigenvalue weighted by Crippen LogP contribution is 2.29. The molecule has 0 aliphatic carbocycles. The summed E-state index contributed by atoms with van der Waals surface area (Å²) in [5, 5.41) is 0.632. The number of amides is 1. The molecule has 1 aromatic rings. The lowest BCUT2D eigenvalue weighted by Gasteiger charge is -2.11. The largest absolute Gasteiger partial charge is 0.492 e. The van der Waals surface area contributed by atoms with Crippen molar-refractivity contribution in [3.8, 4) is 5.75 Å². The van der Waals surface area contributed by atoms with Crippen LogP contribution in [0.5, 0.6) is 5.75 Å². The van der Waals surface area contributed by atoms with E-state index in [0.717, 1.165) is 29.7 Å². The van der Waals surface area contributed by atoms with Crippen LogP contribution in [-0.4, -0.2) is 12.5 Å². The van der Waals surface area contributed by atoms with Crippen LogP contribution in [-0.2, 0) is 4.79 Å². The first-order valence-corrected chi connectivity index (χ1v) is 6.31. The van der Waals surface area contributed by atoms with Crippen LogP contribution in [0.2, 0.25) is 5.02 Å². The molecule has 100 valence electrons. The number of hydrazine groups is 1. The van der Waals surface area contributed by atoms with E-state index in [1.165, 1.54) is 0 Å². The zero-order valence-corrected chi connectivity index (χ0v) is 11.5. The van der Waals surface area contributed by atoms with E-state index in [1.807, 2.05) is 26.0 Å². The Hall–Kier alpha value is -1.26. The maximum atomic E-state index is 10.9. The van der Waals surface area contributed by atoms with E-state index < -0.39 is 0 Å². The minimum Gasteiger partial charge on any atom is -0.492 e. The number of nitrogens with two attached hydrogens (primary N) is 1. The fourth-order valence-electron chi connectivity index (χ4n) is 1.72. The van der Waals surface area contributed by atoms with Gasteiger partial charge in [0.25, 0.3) is 0 Å². The lowest BCUT2D eigenvalue weighted by molar-refractivity contribution is -0.121. The molecule has 0 radical (unpaired) electrons. The van der Waals surface area contributed by atoms with Crippen LogP contribution in [0.1, 0.15) is 30.4 Å². The number of rotatable bonds is 6. The molecule has 0 aliphatic heterocycles. The average Bonchev–Trinajstić information content (AvgIpc) is 2.31. The fourth-order valence-corrected chi connectivity index (χ4v) is 2.10. The summed E-state index contributed by atoms with van der Waals surface area (Å²) < 4.78 is 5.64. The van der Waals surface area contributed by atoms with Crippen molar-refractivity contribution < 1.29 is 9.53 Å². The number of nitrogens with one attached hydrogen (secondary N) is 1. The van der Waals surface area contributed by atoms with Gasteiger partial charge in [0, 0.05) is 6.42 Å². The van der Waals surface area contributed by atoms with Crippen molar-refractivity contribution in [3.63, 3.8) is 0 Å². The molecule has 4 nitrogen and oxygen atoms in total. The van der Waals surface area contributed by atoms with Crippen molar-refractivity contribution in [1.29, 1.82) is 0 Å². The number of halogens is 1. The summed E-state index contributed by atoms with van der Waals surface area (Å²) in [5.41, 5.74) is 4.24. The number of ether oxygens (including phenoxy) is 1. The Labute approximate surface area is 112 Å². The van der Waals surface area contributed by atoms with Gasteiger partial charge in [-0.3, -0.25) is 10.2 Å². The highest BCUT2D eigenvalue weighted by atomic mass is 35.5. The first-order chi connectivity index (χ1) is 8.54. The first-order valence-electron chi connectivity index (χ1n) is 5.93. The van der Waals surface area contributed by atoms with Crippen molar-refractivity contribution >= 4 is 17.5 Å². The molecule has 0 aromatic heterocycles. The summed E-state index contributed by atoms with van der Waals surface area (Å²) in [4.78, 5) is 10.9. The molecule has 0 unspecified atom stereocenters. The molecule has 0 aliphatic rings. The number of aryl methyl sites for hydroxylation is 2. The normalized spacial score (nSPS) is 10.2. The minimum atomic E-state index is -0.153. The van der Waals surface area contributed by atoms with Gasteiger partial charge < -0.3 is 4.74 Å². The van der Waals surface area contributed by atoms with E-state index in [0.29, 0.717) is 18.1 Å². The minimum absolute atomic E-state index is 0.153. The predicted molar refractivity (Wildman–Crippen MR) is 72.6 cm³/mol. The Balaban J connectivity index is 2.38.